The van der Waals surface area contributed by atoms with Crippen molar-refractivity contribution in [1.82, 2.24) is 5.14 Å². The molecule has 1 N–H and O–H groups in total. The van der Waals surface area contributed by atoms with Gasteiger partial charge >= 0.3 is 0 Å². The van der Waals surface area contributed by atoms with E-state index in [2.05, 4.69) is 0 Å². The Kier molecular flexibility index (Phi) is 2.94. The van der Waals surface area contributed by atoms with Crippen LogP contribution in [0.5, 0.6) is 0 Å². The van der Waals surface area contributed by atoms with Crippen LogP contribution in [0.15, 0.2) is 4.90 Å². The molecule has 1 rings (SSSR count). The van der Waals surface area contributed by atoms with E-state index in [9.17, 15) is 8.42 Å². The van der Waals surface area contributed by atoms with Crippen LogP contribution >= 0.6 is 0 Å². The zero-order chi connectivity index (χ0) is 12.0. The molecule has 1 aromatic carbocycles. The molecule has 0 saturated carbocycles. The van der Waals surface area contributed by atoms with Crippen molar-refractivity contribution < 1.29 is 8.42 Å². The standard InChI is InChI=1S/C11H16NO2S/c1-6-7(2)9(4)11(15(12,13)14)10(5)8(6)3/h12H,1-5H3. The quantitative estimate of drug-likeness (QED) is 0.737. The molecular weight excluding hydrogens is 210 g/mol. The Morgan fingerprint density at radius 3 is 1.27 bits per heavy atom. The minimum Gasteiger partial charge on any atom is -0.206 e. The fourth-order valence-corrected chi connectivity index (χ4v) is 2.98. The Balaban J connectivity index is 3.84. The van der Waals surface area contributed by atoms with E-state index in [-0.39, 0.29) is 4.90 Å². The fraction of sp³-hybridized carbons (Fsp3) is 0.455. The highest BCUT2D eigenvalue weighted by Gasteiger charge is 2.20. The van der Waals surface area contributed by atoms with Gasteiger partial charge in [-0.25, -0.2) is 8.42 Å². The third-order valence-electron chi connectivity index (χ3n) is 3.20. The molecule has 15 heavy (non-hydrogen) atoms. The van der Waals surface area contributed by atoms with Crippen LogP contribution < -0.4 is 5.14 Å². The van der Waals surface area contributed by atoms with Crippen LogP contribution in [0.1, 0.15) is 27.8 Å². The second kappa shape index (κ2) is 3.61. The van der Waals surface area contributed by atoms with Crippen LogP contribution in [-0.2, 0) is 10.0 Å². The molecule has 0 saturated heterocycles. The molecule has 1 aromatic rings. The van der Waals surface area contributed by atoms with Crippen molar-refractivity contribution in [1.29, 1.82) is 0 Å². The molecule has 0 aliphatic rings. The lowest BCUT2D eigenvalue weighted by atomic mass is 9.95. The summed E-state index contributed by atoms with van der Waals surface area (Å²) in [6, 6.07) is 0. The Bertz CT molecular complexity index is 487. The van der Waals surface area contributed by atoms with E-state index >= 15 is 0 Å². The maximum atomic E-state index is 11.4. The minimum atomic E-state index is -3.88. The van der Waals surface area contributed by atoms with Gasteiger partial charge in [0.15, 0.2) is 0 Å². The summed E-state index contributed by atoms with van der Waals surface area (Å²) < 4.78 is 22.7. The maximum Gasteiger partial charge on any atom is 0.254 e. The molecule has 0 atom stereocenters. The highest BCUT2D eigenvalue weighted by Crippen LogP contribution is 2.28. The van der Waals surface area contributed by atoms with Gasteiger partial charge in [0.05, 0.1) is 4.90 Å². The largest absolute Gasteiger partial charge is 0.254 e. The molecule has 0 aliphatic heterocycles. The first kappa shape index (κ1) is 12.2. The molecule has 3 nitrogen and oxygen atoms in total. The highest BCUT2D eigenvalue weighted by atomic mass is 32.2. The second-order valence-electron chi connectivity index (χ2n) is 3.96. The Morgan fingerprint density at radius 1 is 0.733 bits per heavy atom. The summed E-state index contributed by atoms with van der Waals surface area (Å²) in [4.78, 5) is 0.170. The molecule has 4 heteroatoms. The van der Waals surface area contributed by atoms with Crippen molar-refractivity contribution in [2.75, 3.05) is 0 Å². The zero-order valence-corrected chi connectivity index (χ0v) is 10.5. The van der Waals surface area contributed by atoms with Crippen LogP contribution in [0, 0.1) is 34.6 Å². The van der Waals surface area contributed by atoms with Gasteiger partial charge in [0.25, 0.3) is 10.0 Å². The van der Waals surface area contributed by atoms with Crippen molar-refractivity contribution in [2.24, 2.45) is 0 Å². The first-order valence-electron chi connectivity index (χ1n) is 4.74. The predicted octanol–water partition coefficient (Wildman–Crippen LogP) is 2.20. The molecular formula is C11H16NO2S. The molecule has 83 valence electrons. The number of hydrogen-bond acceptors (Lipinski definition) is 2. The number of rotatable bonds is 1. The lowest BCUT2D eigenvalue weighted by Crippen LogP contribution is -2.10. The summed E-state index contributed by atoms with van der Waals surface area (Å²) in [5.41, 5.74) is 4.43. The van der Waals surface area contributed by atoms with E-state index in [0.717, 1.165) is 16.7 Å². The summed E-state index contributed by atoms with van der Waals surface area (Å²) >= 11 is 0. The van der Waals surface area contributed by atoms with Crippen LogP contribution in [0.3, 0.4) is 0 Å². The molecule has 0 unspecified atom stereocenters. The van der Waals surface area contributed by atoms with Crippen molar-refractivity contribution >= 4 is 10.0 Å². The van der Waals surface area contributed by atoms with Gasteiger partial charge in [-0.05, 0) is 62.4 Å². The molecule has 0 bridgehead atoms. The van der Waals surface area contributed by atoms with Crippen LogP contribution in [-0.4, -0.2) is 8.42 Å². The normalized spacial score (nSPS) is 11.9. The molecule has 1 radical (unpaired) electrons. The zero-order valence-electron chi connectivity index (χ0n) is 9.72. The van der Waals surface area contributed by atoms with E-state index in [4.69, 9.17) is 5.14 Å². The van der Waals surface area contributed by atoms with E-state index in [1.54, 1.807) is 13.8 Å². The SMILES string of the molecule is Cc1c(C)c(C)c(S([NH])(=O)=O)c(C)c1C. The lowest BCUT2D eigenvalue weighted by Gasteiger charge is -2.16. The summed E-state index contributed by atoms with van der Waals surface area (Å²) in [7, 11) is -3.88. The Morgan fingerprint density at radius 2 is 1.00 bits per heavy atom. The average molecular weight is 226 g/mol. The third-order valence-corrected chi connectivity index (χ3v) is 4.35. The predicted molar refractivity (Wildman–Crippen MR) is 60.4 cm³/mol. The summed E-state index contributed by atoms with van der Waals surface area (Å²) in [6.07, 6.45) is 0. The Labute approximate surface area is 91.4 Å². The van der Waals surface area contributed by atoms with E-state index in [1.807, 2.05) is 20.8 Å². The van der Waals surface area contributed by atoms with Gasteiger partial charge in [-0.1, -0.05) is 0 Å². The summed E-state index contributed by atoms with van der Waals surface area (Å²) in [5.74, 6) is 0. The monoisotopic (exact) mass is 226 g/mol. The van der Waals surface area contributed by atoms with E-state index < -0.39 is 10.0 Å². The second-order valence-corrected chi connectivity index (χ2v) is 5.37. The minimum absolute atomic E-state index is 0.170. The van der Waals surface area contributed by atoms with Crippen molar-refractivity contribution in [3.05, 3.63) is 27.8 Å². The van der Waals surface area contributed by atoms with Crippen molar-refractivity contribution in [3.8, 4) is 0 Å². The molecule has 0 aromatic heterocycles. The van der Waals surface area contributed by atoms with Crippen LogP contribution in [0.2, 0.25) is 0 Å². The number of benzene rings is 1. The molecule has 0 amide bonds. The van der Waals surface area contributed by atoms with Crippen molar-refractivity contribution in [3.63, 3.8) is 0 Å². The molecule has 0 heterocycles. The molecule has 0 spiro atoms. The van der Waals surface area contributed by atoms with E-state index in [0.29, 0.717) is 11.1 Å². The lowest BCUT2D eigenvalue weighted by molar-refractivity contribution is 0.594. The molecule has 0 aliphatic carbocycles. The maximum absolute atomic E-state index is 11.4. The van der Waals surface area contributed by atoms with Gasteiger partial charge in [0.2, 0.25) is 0 Å². The smallest absolute Gasteiger partial charge is 0.206 e. The summed E-state index contributed by atoms with van der Waals surface area (Å²) in [6.45, 7) is 9.29. The highest BCUT2D eigenvalue weighted by molar-refractivity contribution is 7.89. The van der Waals surface area contributed by atoms with Crippen LogP contribution in [0.4, 0.5) is 0 Å². The van der Waals surface area contributed by atoms with Crippen molar-refractivity contribution in [2.45, 2.75) is 39.5 Å². The van der Waals surface area contributed by atoms with Gasteiger partial charge in [0.1, 0.15) is 0 Å². The third kappa shape index (κ3) is 1.92. The average Bonchev–Trinajstić information content (AvgIpc) is 2.09. The summed E-state index contributed by atoms with van der Waals surface area (Å²) in [5, 5.41) is 7.19. The van der Waals surface area contributed by atoms with Gasteiger partial charge in [-0.15, -0.1) is 5.14 Å². The van der Waals surface area contributed by atoms with Crippen LogP contribution in [0.25, 0.3) is 0 Å². The fourth-order valence-electron chi connectivity index (χ4n) is 1.87. The number of nitrogens with one attached hydrogen (secondary N) is 1. The van der Waals surface area contributed by atoms with E-state index in [1.165, 1.54) is 0 Å². The number of sulfonamides is 1. The number of hydrogen-bond donors (Lipinski definition) is 0. The van der Waals surface area contributed by atoms with Gasteiger partial charge in [-0.2, -0.15) is 0 Å². The van der Waals surface area contributed by atoms with Gasteiger partial charge in [0, 0.05) is 0 Å². The topological polar surface area (TPSA) is 57.9 Å². The Hall–Kier alpha value is -0.870. The molecule has 0 fully saturated rings. The van der Waals surface area contributed by atoms with Gasteiger partial charge < -0.3 is 0 Å². The first-order valence-corrected chi connectivity index (χ1v) is 6.22. The first-order chi connectivity index (χ1) is 6.68. The van der Waals surface area contributed by atoms with Gasteiger partial charge in [-0.3, -0.25) is 0 Å².